The largest absolute Gasteiger partial charge is 0.481 e. The van der Waals surface area contributed by atoms with E-state index in [2.05, 4.69) is 46.7 Å². The average Bonchev–Trinajstić information content (AvgIpc) is 3.08. The van der Waals surface area contributed by atoms with E-state index >= 15 is 0 Å². The molecule has 5 heteroatoms. The second-order valence-electron chi connectivity index (χ2n) is 6.81. The summed E-state index contributed by atoms with van der Waals surface area (Å²) < 4.78 is 1.26. The Hall–Kier alpha value is -1.88. The molecule has 134 valence electrons. The van der Waals surface area contributed by atoms with Crippen LogP contribution in [0, 0.1) is 5.92 Å². The number of rotatable bonds is 4. The maximum absolute atomic E-state index is 11.6. The number of thiophene rings is 1. The van der Waals surface area contributed by atoms with Gasteiger partial charge in [-0.3, -0.25) is 9.69 Å². The van der Waals surface area contributed by atoms with E-state index < -0.39 is 5.97 Å². The summed E-state index contributed by atoms with van der Waals surface area (Å²) in [5.41, 5.74) is 2.41. The zero-order chi connectivity index (χ0) is 18.1. The van der Waals surface area contributed by atoms with E-state index in [1.165, 1.54) is 15.6 Å². The smallest absolute Gasteiger partial charge is 0.307 e. The Bertz CT molecular complexity index is 921. The normalized spacial score (nSPS) is 19.5. The van der Waals surface area contributed by atoms with Gasteiger partial charge in [-0.05, 0) is 59.5 Å². The van der Waals surface area contributed by atoms with Crippen LogP contribution in [-0.2, 0) is 4.79 Å². The number of nitrogens with zero attached hydrogens (tertiary/aromatic N) is 1. The van der Waals surface area contributed by atoms with Crippen molar-refractivity contribution >= 4 is 39.0 Å². The minimum absolute atomic E-state index is 0.0468. The Morgan fingerprint density at radius 1 is 1.19 bits per heavy atom. The number of piperidine rings is 1. The number of carboxylic acids is 1. The number of halogens is 1. The van der Waals surface area contributed by atoms with Gasteiger partial charge in [0.05, 0.1) is 12.0 Å². The van der Waals surface area contributed by atoms with Crippen molar-refractivity contribution in [3.63, 3.8) is 0 Å². The van der Waals surface area contributed by atoms with Crippen LogP contribution in [-0.4, -0.2) is 29.1 Å². The molecular weight excluding hydrogens is 366 g/mol. The monoisotopic (exact) mass is 385 g/mol. The fraction of sp³-hybridized carbons (Fsp3) is 0.286. The average molecular weight is 386 g/mol. The number of carboxylic acid groups (broad SMARTS) is 1. The predicted molar refractivity (Wildman–Crippen MR) is 107 cm³/mol. The van der Waals surface area contributed by atoms with Crippen molar-refractivity contribution in [3.8, 4) is 0 Å². The summed E-state index contributed by atoms with van der Waals surface area (Å²) in [7, 11) is 0. The van der Waals surface area contributed by atoms with Crippen LogP contribution in [0.25, 0.3) is 10.1 Å². The lowest BCUT2D eigenvalue weighted by Gasteiger charge is -2.37. The fourth-order valence-electron chi connectivity index (χ4n) is 3.88. The van der Waals surface area contributed by atoms with Crippen molar-refractivity contribution < 1.29 is 9.90 Å². The number of carbonyl (C=O) groups is 1. The molecule has 26 heavy (non-hydrogen) atoms. The van der Waals surface area contributed by atoms with Crippen molar-refractivity contribution in [2.75, 3.05) is 13.1 Å². The van der Waals surface area contributed by atoms with Gasteiger partial charge in [-0.15, -0.1) is 11.3 Å². The molecule has 0 radical (unpaired) electrons. The van der Waals surface area contributed by atoms with Gasteiger partial charge < -0.3 is 5.11 Å². The van der Waals surface area contributed by atoms with Gasteiger partial charge in [0.2, 0.25) is 0 Å². The third-order valence-electron chi connectivity index (χ3n) is 5.16. The highest BCUT2D eigenvalue weighted by Gasteiger charge is 2.32. The zero-order valence-electron chi connectivity index (χ0n) is 14.3. The van der Waals surface area contributed by atoms with E-state index in [0.717, 1.165) is 24.9 Å². The number of hydrogen-bond donors (Lipinski definition) is 1. The highest BCUT2D eigenvalue weighted by Crippen LogP contribution is 2.39. The first-order chi connectivity index (χ1) is 12.6. The minimum Gasteiger partial charge on any atom is -0.481 e. The molecule has 0 amide bonds. The van der Waals surface area contributed by atoms with Gasteiger partial charge in [0.1, 0.15) is 0 Å². The summed E-state index contributed by atoms with van der Waals surface area (Å²) in [5, 5.41) is 13.7. The van der Waals surface area contributed by atoms with Gasteiger partial charge in [0.25, 0.3) is 0 Å². The Balaban J connectivity index is 1.79. The van der Waals surface area contributed by atoms with Gasteiger partial charge in [0.15, 0.2) is 0 Å². The first-order valence-electron chi connectivity index (χ1n) is 8.82. The van der Waals surface area contributed by atoms with Crippen LogP contribution in [0.4, 0.5) is 0 Å². The summed E-state index contributed by atoms with van der Waals surface area (Å²) in [4.78, 5) is 13.9. The van der Waals surface area contributed by atoms with Gasteiger partial charge in [-0.2, -0.15) is 0 Å². The lowest BCUT2D eigenvalue weighted by Crippen LogP contribution is -2.41. The van der Waals surface area contributed by atoms with Crippen molar-refractivity contribution in [1.82, 2.24) is 4.90 Å². The number of aliphatic carboxylic acids is 1. The predicted octanol–water partition coefficient (Wildman–Crippen LogP) is 5.44. The fourth-order valence-corrected chi connectivity index (χ4v) is 4.99. The minimum atomic E-state index is -0.695. The van der Waals surface area contributed by atoms with Crippen molar-refractivity contribution in [2.45, 2.75) is 18.9 Å². The third-order valence-corrected chi connectivity index (χ3v) is 6.39. The number of benzene rings is 2. The lowest BCUT2D eigenvalue weighted by molar-refractivity contribution is -0.143. The molecule has 0 spiro atoms. The molecule has 2 unspecified atom stereocenters. The van der Waals surface area contributed by atoms with Crippen molar-refractivity contribution in [1.29, 1.82) is 0 Å². The second kappa shape index (κ2) is 7.39. The molecule has 2 aromatic carbocycles. The maximum Gasteiger partial charge on any atom is 0.307 e. The summed E-state index contributed by atoms with van der Waals surface area (Å²) in [6.07, 6.45) is 1.66. The molecule has 3 nitrogen and oxygen atoms in total. The van der Waals surface area contributed by atoms with E-state index in [1.54, 1.807) is 11.3 Å². The van der Waals surface area contributed by atoms with Gasteiger partial charge >= 0.3 is 5.97 Å². The molecule has 2 heterocycles. The SMILES string of the molecule is O=C(O)C1CCCN(C(c2ccc(Cl)cc2)c2csc3ccccc23)C1. The van der Waals surface area contributed by atoms with E-state index in [4.69, 9.17) is 11.6 Å². The molecule has 1 fully saturated rings. The Labute approximate surface area is 161 Å². The summed E-state index contributed by atoms with van der Waals surface area (Å²) in [6, 6.07) is 16.4. The lowest BCUT2D eigenvalue weighted by atomic mass is 9.91. The first kappa shape index (κ1) is 17.5. The second-order valence-corrected chi connectivity index (χ2v) is 8.16. The number of likely N-dealkylation sites (tertiary alicyclic amines) is 1. The van der Waals surface area contributed by atoms with Gasteiger partial charge in [-0.25, -0.2) is 0 Å². The van der Waals surface area contributed by atoms with Crippen LogP contribution in [0.15, 0.2) is 53.9 Å². The summed E-state index contributed by atoms with van der Waals surface area (Å²) >= 11 is 7.84. The first-order valence-corrected chi connectivity index (χ1v) is 10.1. The van der Waals surface area contributed by atoms with E-state index in [-0.39, 0.29) is 12.0 Å². The topological polar surface area (TPSA) is 40.5 Å². The Morgan fingerprint density at radius 2 is 1.96 bits per heavy atom. The molecule has 1 N–H and O–H groups in total. The highest BCUT2D eigenvalue weighted by atomic mass is 35.5. The molecule has 1 aliphatic rings. The molecule has 2 atom stereocenters. The molecule has 4 rings (SSSR count). The molecular formula is C21H20ClNO2S. The van der Waals surface area contributed by atoms with Crippen LogP contribution in [0.5, 0.6) is 0 Å². The molecule has 1 aliphatic heterocycles. The van der Waals surface area contributed by atoms with Crippen LogP contribution in [0.1, 0.15) is 30.0 Å². The van der Waals surface area contributed by atoms with Crippen LogP contribution in [0.2, 0.25) is 5.02 Å². The van der Waals surface area contributed by atoms with E-state index in [0.29, 0.717) is 11.6 Å². The van der Waals surface area contributed by atoms with Crippen LogP contribution < -0.4 is 0 Å². The van der Waals surface area contributed by atoms with Gasteiger partial charge in [-0.1, -0.05) is 41.9 Å². The molecule has 1 saturated heterocycles. The Morgan fingerprint density at radius 3 is 2.73 bits per heavy atom. The molecule has 0 bridgehead atoms. The van der Waals surface area contributed by atoms with Crippen LogP contribution in [0.3, 0.4) is 0 Å². The Kier molecular flexibility index (Phi) is 4.98. The van der Waals surface area contributed by atoms with Gasteiger partial charge in [0, 0.05) is 16.3 Å². The maximum atomic E-state index is 11.6. The molecule has 0 aliphatic carbocycles. The number of hydrogen-bond acceptors (Lipinski definition) is 3. The molecule has 0 saturated carbocycles. The van der Waals surface area contributed by atoms with Crippen molar-refractivity contribution in [3.05, 3.63) is 70.1 Å². The molecule has 1 aromatic heterocycles. The molecule has 3 aromatic rings. The van der Waals surface area contributed by atoms with E-state index in [9.17, 15) is 9.90 Å². The highest BCUT2D eigenvalue weighted by molar-refractivity contribution is 7.17. The standard InChI is InChI=1S/C21H20ClNO2S/c22-16-9-7-14(8-10-16)20(23-11-3-4-15(12-23)21(24)25)18-13-26-19-6-2-1-5-17(18)19/h1-2,5-10,13,15,20H,3-4,11-12H2,(H,24,25). The quantitative estimate of drug-likeness (QED) is 0.650. The summed E-state index contributed by atoms with van der Waals surface area (Å²) in [5.74, 6) is -0.997. The third kappa shape index (κ3) is 3.37. The summed E-state index contributed by atoms with van der Waals surface area (Å²) in [6.45, 7) is 1.48. The van der Waals surface area contributed by atoms with Crippen LogP contribution >= 0.6 is 22.9 Å². The van der Waals surface area contributed by atoms with Crippen molar-refractivity contribution in [2.24, 2.45) is 5.92 Å². The zero-order valence-corrected chi connectivity index (χ0v) is 15.8. The number of fused-ring (bicyclic) bond motifs is 1. The van der Waals surface area contributed by atoms with E-state index in [1.807, 2.05) is 12.1 Å².